The first kappa shape index (κ1) is 31.4. The van der Waals surface area contributed by atoms with E-state index in [0.717, 1.165) is 45.2 Å². The second kappa shape index (κ2) is 20.9. The molecule has 1 aliphatic rings. The van der Waals surface area contributed by atoms with Crippen molar-refractivity contribution in [1.29, 1.82) is 0 Å². The van der Waals surface area contributed by atoms with E-state index in [-0.39, 0.29) is 18.6 Å². The van der Waals surface area contributed by atoms with E-state index < -0.39 is 0 Å². The minimum Gasteiger partial charge on any atom is -0.400 e. The molecule has 0 saturated carbocycles. The third kappa shape index (κ3) is 18.5. The number of nitrogens with zero attached hydrogens (tertiary/aromatic N) is 1. The molecular formula is C26H44N2O4S. The Balaban J connectivity index is 0.00000111. The Morgan fingerprint density at radius 3 is 2.58 bits per heavy atom. The fraction of sp³-hybridized carbons (Fsp3) is 0.577. The van der Waals surface area contributed by atoms with Gasteiger partial charge in [-0.15, -0.1) is 0 Å². The molecule has 1 aromatic rings. The summed E-state index contributed by atoms with van der Waals surface area (Å²) in [5.74, 6) is 0.561. The van der Waals surface area contributed by atoms with Gasteiger partial charge in [-0.2, -0.15) is 0 Å². The Bertz CT molecular complexity index is 647. The lowest BCUT2D eigenvalue weighted by atomic mass is 10.2. The number of aliphatic hydroxyl groups excluding tert-OH is 1. The summed E-state index contributed by atoms with van der Waals surface area (Å²) in [7, 11) is 1.00. The topological polar surface area (TPSA) is 71.0 Å². The second-order valence-corrected chi connectivity index (χ2v) is 9.20. The van der Waals surface area contributed by atoms with Crippen LogP contribution in [0, 0.1) is 5.92 Å². The number of allylic oxidation sites excluding steroid dienone is 3. The molecule has 1 saturated heterocycles. The van der Waals surface area contributed by atoms with Crippen LogP contribution in [-0.4, -0.2) is 68.0 Å². The van der Waals surface area contributed by atoms with Crippen LogP contribution in [-0.2, 0) is 14.3 Å². The number of aliphatic hydroxyl groups is 1. The van der Waals surface area contributed by atoms with E-state index in [0.29, 0.717) is 19.1 Å². The molecule has 1 unspecified atom stereocenters. The number of carbonyl (C=O) groups is 1. The van der Waals surface area contributed by atoms with Crippen molar-refractivity contribution in [2.45, 2.75) is 51.5 Å². The summed E-state index contributed by atoms with van der Waals surface area (Å²) in [5.41, 5.74) is 1.11. The number of nitrogens with one attached hydrogen (secondary N) is 1. The molecule has 7 heteroatoms. The molecule has 0 aliphatic carbocycles. The third-order valence-electron chi connectivity index (χ3n) is 4.24. The minimum absolute atomic E-state index is 0.0435. The largest absolute Gasteiger partial charge is 0.400 e. The molecule has 1 amide bonds. The van der Waals surface area contributed by atoms with Crippen LogP contribution < -0.4 is 5.32 Å². The normalized spacial score (nSPS) is 15.1. The summed E-state index contributed by atoms with van der Waals surface area (Å²) in [6, 6.07) is 10.4. The quantitative estimate of drug-likeness (QED) is 0.256. The SMILES string of the molecule is C=C(C)/C=C\C.CC(C)CN(CCCNC(=O)COC1CCOC1)Sc1ccccc1.CO. The van der Waals surface area contributed by atoms with Crippen molar-refractivity contribution >= 4 is 17.9 Å². The molecule has 33 heavy (non-hydrogen) atoms. The molecule has 2 N–H and O–H groups in total. The highest BCUT2D eigenvalue weighted by Gasteiger charge is 2.17. The van der Waals surface area contributed by atoms with Crippen LogP contribution in [0.2, 0.25) is 0 Å². The molecule has 2 rings (SSSR count). The van der Waals surface area contributed by atoms with E-state index in [4.69, 9.17) is 14.6 Å². The van der Waals surface area contributed by atoms with E-state index in [1.807, 2.05) is 32.1 Å². The second-order valence-electron chi connectivity index (χ2n) is 8.03. The zero-order valence-corrected chi connectivity index (χ0v) is 21.9. The summed E-state index contributed by atoms with van der Waals surface area (Å²) in [6.07, 6.45) is 5.83. The number of hydrogen-bond acceptors (Lipinski definition) is 6. The van der Waals surface area contributed by atoms with E-state index >= 15 is 0 Å². The molecule has 1 aromatic carbocycles. The lowest BCUT2D eigenvalue weighted by molar-refractivity contribution is -0.127. The maximum absolute atomic E-state index is 11.8. The molecule has 0 radical (unpaired) electrons. The number of carbonyl (C=O) groups excluding carboxylic acids is 1. The van der Waals surface area contributed by atoms with Crippen molar-refractivity contribution in [3.63, 3.8) is 0 Å². The van der Waals surface area contributed by atoms with Gasteiger partial charge in [0.15, 0.2) is 0 Å². The first-order valence-corrected chi connectivity index (χ1v) is 12.3. The van der Waals surface area contributed by atoms with Gasteiger partial charge in [0.1, 0.15) is 6.61 Å². The lowest BCUT2D eigenvalue weighted by Gasteiger charge is -2.23. The van der Waals surface area contributed by atoms with Crippen LogP contribution in [0.15, 0.2) is 59.5 Å². The molecule has 0 bridgehead atoms. The predicted molar refractivity (Wildman–Crippen MR) is 139 cm³/mol. The van der Waals surface area contributed by atoms with E-state index in [1.165, 1.54) is 4.90 Å². The molecule has 1 atom stereocenters. The van der Waals surface area contributed by atoms with Crippen molar-refractivity contribution in [1.82, 2.24) is 9.62 Å². The predicted octanol–water partition coefficient (Wildman–Crippen LogP) is 4.71. The van der Waals surface area contributed by atoms with Crippen molar-refractivity contribution in [3.8, 4) is 0 Å². The fourth-order valence-corrected chi connectivity index (χ4v) is 4.04. The highest BCUT2D eigenvalue weighted by molar-refractivity contribution is 7.97. The number of benzene rings is 1. The van der Waals surface area contributed by atoms with Crippen molar-refractivity contribution in [3.05, 3.63) is 54.6 Å². The van der Waals surface area contributed by atoms with Gasteiger partial charge in [-0.3, -0.25) is 4.79 Å². The smallest absolute Gasteiger partial charge is 0.246 e. The van der Waals surface area contributed by atoms with Gasteiger partial charge in [0.2, 0.25) is 5.91 Å². The summed E-state index contributed by atoms with van der Waals surface area (Å²) >= 11 is 1.78. The van der Waals surface area contributed by atoms with Gasteiger partial charge in [0, 0.05) is 38.2 Å². The summed E-state index contributed by atoms with van der Waals surface area (Å²) in [5, 5.41) is 9.94. The summed E-state index contributed by atoms with van der Waals surface area (Å²) < 4.78 is 13.1. The third-order valence-corrected chi connectivity index (χ3v) is 5.32. The van der Waals surface area contributed by atoms with Gasteiger partial charge in [0.05, 0.1) is 12.7 Å². The monoisotopic (exact) mass is 480 g/mol. The molecule has 188 valence electrons. The molecule has 0 aromatic heterocycles. The maximum Gasteiger partial charge on any atom is 0.246 e. The van der Waals surface area contributed by atoms with Crippen LogP contribution in [0.4, 0.5) is 0 Å². The van der Waals surface area contributed by atoms with Gasteiger partial charge in [-0.1, -0.05) is 56.4 Å². The Morgan fingerprint density at radius 2 is 2.06 bits per heavy atom. The Labute approximate surface area is 205 Å². The number of amides is 1. The Kier molecular flexibility index (Phi) is 19.9. The highest BCUT2D eigenvalue weighted by Crippen LogP contribution is 2.23. The van der Waals surface area contributed by atoms with Gasteiger partial charge in [0.25, 0.3) is 0 Å². The molecule has 1 aliphatic heterocycles. The minimum atomic E-state index is -0.0435. The first-order valence-electron chi connectivity index (χ1n) is 11.6. The van der Waals surface area contributed by atoms with Crippen LogP contribution >= 0.6 is 11.9 Å². The van der Waals surface area contributed by atoms with Gasteiger partial charge < -0.3 is 19.9 Å². The van der Waals surface area contributed by atoms with Crippen LogP contribution in [0.25, 0.3) is 0 Å². The van der Waals surface area contributed by atoms with Crippen molar-refractivity contribution < 1.29 is 19.4 Å². The summed E-state index contributed by atoms with van der Waals surface area (Å²) in [4.78, 5) is 13.1. The standard InChI is InChI=1S/C19H30N2O3S.C6H10.CH4O/c1-16(2)13-21(25-18-7-4-3-5-8-18)11-6-10-20-19(22)15-24-17-9-12-23-14-17;1-4-5-6(2)3;1-2/h3-5,7-8,16-17H,6,9-15H2,1-2H3,(H,20,22);4-5H,2H2,1,3H3;2H,1H3/b;5-4-;. The molecule has 6 nitrogen and oxygen atoms in total. The van der Waals surface area contributed by atoms with E-state index in [2.05, 4.69) is 54.3 Å². The van der Waals surface area contributed by atoms with Crippen molar-refractivity contribution in [2.24, 2.45) is 5.92 Å². The average molecular weight is 481 g/mol. The number of hydrogen-bond donors (Lipinski definition) is 2. The number of ether oxygens (including phenoxy) is 2. The van der Waals surface area contributed by atoms with Crippen LogP contribution in [0.5, 0.6) is 0 Å². The molecule has 1 fully saturated rings. The van der Waals surface area contributed by atoms with E-state index in [9.17, 15) is 4.79 Å². The zero-order valence-electron chi connectivity index (χ0n) is 21.1. The highest BCUT2D eigenvalue weighted by atomic mass is 32.2. The molecule has 1 heterocycles. The molecular weight excluding hydrogens is 436 g/mol. The van der Waals surface area contributed by atoms with Gasteiger partial charge in [-0.05, 0) is 56.7 Å². The fourth-order valence-electron chi connectivity index (χ4n) is 2.87. The van der Waals surface area contributed by atoms with Crippen LogP contribution in [0.3, 0.4) is 0 Å². The lowest BCUT2D eigenvalue weighted by Crippen LogP contribution is -2.32. The maximum atomic E-state index is 11.8. The average Bonchev–Trinajstić information content (AvgIpc) is 3.31. The Morgan fingerprint density at radius 1 is 1.36 bits per heavy atom. The Hall–Kier alpha value is -1.64. The first-order chi connectivity index (χ1) is 15.9. The number of rotatable bonds is 12. The zero-order chi connectivity index (χ0) is 24.9. The van der Waals surface area contributed by atoms with Crippen molar-refractivity contribution in [2.75, 3.05) is 46.6 Å². The summed E-state index contributed by atoms with van der Waals surface area (Å²) in [6.45, 7) is 16.2. The van der Waals surface area contributed by atoms with Gasteiger partial charge >= 0.3 is 0 Å². The molecule has 0 spiro atoms. The van der Waals surface area contributed by atoms with E-state index in [1.54, 1.807) is 11.9 Å². The van der Waals surface area contributed by atoms with Gasteiger partial charge in [-0.25, -0.2) is 4.31 Å². The van der Waals surface area contributed by atoms with Crippen LogP contribution in [0.1, 0.15) is 40.5 Å².